The summed E-state index contributed by atoms with van der Waals surface area (Å²) in [6.45, 7) is 3.96. The second-order valence-electron chi connectivity index (χ2n) is 4.06. The van der Waals surface area contributed by atoms with Gasteiger partial charge in [-0.15, -0.1) is 0 Å². The highest BCUT2D eigenvalue weighted by Gasteiger charge is 2.06. The van der Waals surface area contributed by atoms with Gasteiger partial charge in [0.05, 0.1) is 0 Å². The van der Waals surface area contributed by atoms with Crippen LogP contribution in [0.1, 0.15) is 18.9 Å². The highest BCUT2D eigenvalue weighted by Crippen LogP contribution is 2.29. The predicted molar refractivity (Wildman–Crippen MR) is 79.6 cm³/mol. The zero-order valence-electron chi connectivity index (χ0n) is 10.8. The topological polar surface area (TPSA) is 37.8 Å². The minimum absolute atomic E-state index is 0.751. The highest BCUT2D eigenvalue weighted by molar-refractivity contribution is 7.99. The molecule has 1 aromatic heterocycles. The first kappa shape index (κ1) is 14.3. The van der Waals surface area contributed by atoms with E-state index in [9.17, 15) is 0 Å². The Morgan fingerprint density at radius 2 is 2.05 bits per heavy atom. The molecular formula is C14H16ClN3S. The van der Waals surface area contributed by atoms with Crippen molar-refractivity contribution in [3.8, 4) is 0 Å². The number of nitrogens with one attached hydrogen (secondary N) is 1. The number of halogens is 1. The Kier molecular flexibility index (Phi) is 5.63. The molecule has 0 unspecified atom stereocenters. The summed E-state index contributed by atoms with van der Waals surface area (Å²) in [5, 5.41) is 4.90. The third-order valence-electron chi connectivity index (χ3n) is 2.51. The SMILES string of the molecule is CCCNCc1cc(Cl)ccc1Sc1ncccn1. The summed E-state index contributed by atoms with van der Waals surface area (Å²) < 4.78 is 0. The third kappa shape index (κ3) is 4.49. The maximum Gasteiger partial charge on any atom is 0.192 e. The fourth-order valence-corrected chi connectivity index (χ4v) is 2.64. The van der Waals surface area contributed by atoms with Crippen LogP contribution >= 0.6 is 23.4 Å². The minimum Gasteiger partial charge on any atom is -0.313 e. The maximum absolute atomic E-state index is 6.06. The summed E-state index contributed by atoms with van der Waals surface area (Å²) in [5.41, 5.74) is 1.18. The molecule has 1 heterocycles. The molecule has 1 N–H and O–H groups in total. The summed E-state index contributed by atoms with van der Waals surface area (Å²) in [7, 11) is 0. The Balaban J connectivity index is 2.14. The average Bonchev–Trinajstić information content (AvgIpc) is 2.43. The molecule has 0 atom stereocenters. The monoisotopic (exact) mass is 293 g/mol. The van der Waals surface area contributed by atoms with E-state index in [1.165, 1.54) is 5.56 Å². The first-order valence-corrected chi connectivity index (χ1v) is 7.43. The lowest BCUT2D eigenvalue weighted by molar-refractivity contribution is 0.669. The van der Waals surface area contributed by atoms with Gasteiger partial charge in [-0.1, -0.05) is 18.5 Å². The summed E-state index contributed by atoms with van der Waals surface area (Å²) in [4.78, 5) is 9.60. The van der Waals surface area contributed by atoms with E-state index in [2.05, 4.69) is 22.2 Å². The van der Waals surface area contributed by atoms with Gasteiger partial charge in [-0.25, -0.2) is 9.97 Å². The van der Waals surface area contributed by atoms with Crippen LogP contribution in [0.15, 0.2) is 46.7 Å². The van der Waals surface area contributed by atoms with Crippen molar-refractivity contribution in [1.82, 2.24) is 15.3 Å². The molecule has 0 aliphatic heterocycles. The summed E-state index contributed by atoms with van der Waals surface area (Å²) in [6, 6.07) is 7.73. The standard InChI is InChI=1S/C14H16ClN3S/c1-2-6-16-10-11-9-12(15)4-5-13(11)19-14-17-7-3-8-18-14/h3-5,7-9,16H,2,6,10H2,1H3. The van der Waals surface area contributed by atoms with Crippen molar-refractivity contribution < 1.29 is 0 Å². The lowest BCUT2D eigenvalue weighted by Gasteiger charge is -2.09. The molecule has 3 nitrogen and oxygen atoms in total. The van der Waals surface area contributed by atoms with E-state index >= 15 is 0 Å². The van der Waals surface area contributed by atoms with Crippen molar-refractivity contribution in [3.05, 3.63) is 47.2 Å². The molecule has 0 saturated carbocycles. The van der Waals surface area contributed by atoms with E-state index in [1.807, 2.05) is 24.3 Å². The second kappa shape index (κ2) is 7.48. The Morgan fingerprint density at radius 1 is 1.26 bits per heavy atom. The van der Waals surface area contributed by atoms with E-state index in [4.69, 9.17) is 11.6 Å². The fourth-order valence-electron chi connectivity index (χ4n) is 1.62. The molecule has 1 aromatic carbocycles. The predicted octanol–water partition coefficient (Wildman–Crippen LogP) is 3.78. The van der Waals surface area contributed by atoms with Crippen molar-refractivity contribution >= 4 is 23.4 Å². The third-order valence-corrected chi connectivity index (χ3v) is 3.75. The van der Waals surface area contributed by atoms with E-state index < -0.39 is 0 Å². The molecular weight excluding hydrogens is 278 g/mol. The van der Waals surface area contributed by atoms with Crippen molar-refractivity contribution in [1.29, 1.82) is 0 Å². The number of benzene rings is 1. The van der Waals surface area contributed by atoms with Gasteiger partial charge in [0, 0.05) is 28.9 Å². The molecule has 0 amide bonds. The van der Waals surface area contributed by atoms with Crippen molar-refractivity contribution in [3.63, 3.8) is 0 Å². The van der Waals surface area contributed by atoms with Crippen LogP contribution in [0.25, 0.3) is 0 Å². The van der Waals surface area contributed by atoms with Crippen LogP contribution in [0.3, 0.4) is 0 Å². The van der Waals surface area contributed by atoms with Crippen LogP contribution in [0.4, 0.5) is 0 Å². The van der Waals surface area contributed by atoms with E-state index in [0.29, 0.717) is 0 Å². The minimum atomic E-state index is 0.751. The molecule has 19 heavy (non-hydrogen) atoms. The fraction of sp³-hybridized carbons (Fsp3) is 0.286. The maximum atomic E-state index is 6.06. The van der Waals surface area contributed by atoms with Gasteiger partial charge in [0.1, 0.15) is 0 Å². The number of hydrogen-bond acceptors (Lipinski definition) is 4. The van der Waals surface area contributed by atoms with Crippen LogP contribution in [0.2, 0.25) is 5.02 Å². The molecule has 0 spiro atoms. The Morgan fingerprint density at radius 3 is 2.79 bits per heavy atom. The molecule has 0 saturated heterocycles. The van der Waals surface area contributed by atoms with E-state index in [-0.39, 0.29) is 0 Å². The second-order valence-corrected chi connectivity index (χ2v) is 5.51. The van der Waals surface area contributed by atoms with Crippen molar-refractivity contribution in [2.75, 3.05) is 6.54 Å². The quantitative estimate of drug-likeness (QED) is 0.650. The zero-order valence-corrected chi connectivity index (χ0v) is 12.3. The Labute approximate surface area is 122 Å². The first-order valence-electron chi connectivity index (χ1n) is 6.23. The van der Waals surface area contributed by atoms with Gasteiger partial charge in [-0.2, -0.15) is 0 Å². The summed E-state index contributed by atoms with van der Waals surface area (Å²) >= 11 is 7.62. The lowest BCUT2D eigenvalue weighted by atomic mass is 10.2. The molecule has 5 heteroatoms. The van der Waals surface area contributed by atoms with Gasteiger partial charge in [0.25, 0.3) is 0 Å². The normalized spacial score (nSPS) is 10.6. The summed E-state index contributed by atoms with van der Waals surface area (Å²) in [6.07, 6.45) is 4.62. The van der Waals surface area contributed by atoms with Crippen molar-refractivity contribution in [2.45, 2.75) is 29.9 Å². The van der Waals surface area contributed by atoms with Crippen LogP contribution < -0.4 is 5.32 Å². The van der Waals surface area contributed by atoms with Gasteiger partial charge in [0.2, 0.25) is 0 Å². The van der Waals surface area contributed by atoms with E-state index in [0.717, 1.165) is 34.6 Å². The Hall–Kier alpha value is -1.10. The molecule has 0 aliphatic rings. The molecule has 2 rings (SSSR count). The average molecular weight is 294 g/mol. The number of nitrogens with zero attached hydrogens (tertiary/aromatic N) is 2. The van der Waals surface area contributed by atoms with Crippen LogP contribution in [-0.4, -0.2) is 16.5 Å². The highest BCUT2D eigenvalue weighted by atomic mass is 35.5. The number of hydrogen-bond donors (Lipinski definition) is 1. The molecule has 0 bridgehead atoms. The van der Waals surface area contributed by atoms with Gasteiger partial charge >= 0.3 is 0 Å². The van der Waals surface area contributed by atoms with Gasteiger partial charge in [-0.3, -0.25) is 0 Å². The lowest BCUT2D eigenvalue weighted by Crippen LogP contribution is -2.14. The molecule has 0 aliphatic carbocycles. The molecule has 0 radical (unpaired) electrons. The van der Waals surface area contributed by atoms with Crippen LogP contribution in [0.5, 0.6) is 0 Å². The van der Waals surface area contributed by atoms with Crippen LogP contribution in [-0.2, 0) is 6.54 Å². The number of rotatable bonds is 6. The van der Waals surface area contributed by atoms with Crippen molar-refractivity contribution in [2.24, 2.45) is 0 Å². The largest absolute Gasteiger partial charge is 0.313 e. The smallest absolute Gasteiger partial charge is 0.192 e. The molecule has 0 fully saturated rings. The molecule has 2 aromatic rings. The first-order chi connectivity index (χ1) is 9.29. The Bertz CT molecular complexity index is 519. The van der Waals surface area contributed by atoms with Gasteiger partial charge in [0.15, 0.2) is 5.16 Å². The van der Waals surface area contributed by atoms with Gasteiger partial charge in [-0.05, 0) is 54.6 Å². The van der Waals surface area contributed by atoms with E-state index in [1.54, 1.807) is 24.2 Å². The molecule has 100 valence electrons. The number of aromatic nitrogens is 2. The summed E-state index contributed by atoms with van der Waals surface area (Å²) in [5.74, 6) is 0. The van der Waals surface area contributed by atoms with Gasteiger partial charge < -0.3 is 5.32 Å². The van der Waals surface area contributed by atoms with Crippen LogP contribution in [0, 0.1) is 0 Å². The zero-order chi connectivity index (χ0) is 13.5.